The van der Waals surface area contributed by atoms with Gasteiger partial charge in [0.1, 0.15) is 5.82 Å². The van der Waals surface area contributed by atoms with Gasteiger partial charge < -0.3 is 19.9 Å². The predicted octanol–water partition coefficient (Wildman–Crippen LogP) is 2.48. The van der Waals surface area contributed by atoms with Gasteiger partial charge in [0.05, 0.1) is 13.2 Å². The van der Waals surface area contributed by atoms with Crippen LogP contribution in [0.1, 0.15) is 44.4 Å². The molecule has 1 saturated heterocycles. The number of benzene rings is 1. The smallest absolute Gasteiger partial charge is 0.351 e. The van der Waals surface area contributed by atoms with Crippen LogP contribution in [0.25, 0.3) is 0 Å². The van der Waals surface area contributed by atoms with Crippen LogP contribution in [0.3, 0.4) is 0 Å². The van der Waals surface area contributed by atoms with Crippen LogP contribution in [-0.2, 0) is 20.7 Å². The largest absolute Gasteiger partial charge is 0.391 e. The summed E-state index contributed by atoms with van der Waals surface area (Å²) in [6.07, 6.45) is 5.11. The van der Waals surface area contributed by atoms with Crippen molar-refractivity contribution >= 4 is 11.7 Å². The third-order valence-corrected chi connectivity index (χ3v) is 5.17. The summed E-state index contributed by atoms with van der Waals surface area (Å²) < 4.78 is 11.9. The van der Waals surface area contributed by atoms with E-state index >= 15 is 0 Å². The van der Waals surface area contributed by atoms with E-state index in [1.54, 1.807) is 6.07 Å². The van der Waals surface area contributed by atoms with E-state index in [2.05, 4.69) is 34.6 Å². The first kappa shape index (κ1) is 22.1. The number of amides is 1. The number of nitrogens with zero attached hydrogens (tertiary/aromatic N) is 2. The lowest BCUT2D eigenvalue weighted by atomic mass is 10.0. The van der Waals surface area contributed by atoms with Crippen LogP contribution in [0, 0.1) is 5.92 Å². The first-order valence-electron chi connectivity index (χ1n) is 10.4. The van der Waals surface area contributed by atoms with Crippen LogP contribution in [0.4, 0.5) is 5.82 Å². The van der Waals surface area contributed by atoms with Crippen molar-refractivity contribution in [2.24, 2.45) is 5.92 Å². The number of aromatic nitrogens is 2. The first-order chi connectivity index (χ1) is 14.6. The minimum absolute atomic E-state index is 0.150. The summed E-state index contributed by atoms with van der Waals surface area (Å²) in [6.45, 7) is 1.75. The van der Waals surface area contributed by atoms with E-state index < -0.39 is 18.2 Å². The number of carbonyl (C=O) groups excluding carboxylic acids is 1. The van der Waals surface area contributed by atoms with Crippen molar-refractivity contribution in [1.82, 2.24) is 9.55 Å². The average molecular weight is 415 g/mol. The fourth-order valence-electron chi connectivity index (χ4n) is 3.37. The average Bonchev–Trinajstić information content (AvgIpc) is 3.23. The van der Waals surface area contributed by atoms with Crippen LogP contribution in [0.2, 0.25) is 0 Å². The lowest BCUT2D eigenvalue weighted by Gasteiger charge is -2.14. The quantitative estimate of drug-likeness (QED) is 0.578. The van der Waals surface area contributed by atoms with Crippen molar-refractivity contribution in [2.75, 3.05) is 18.5 Å². The molecule has 8 heteroatoms. The zero-order valence-corrected chi connectivity index (χ0v) is 17.2. The topological polar surface area (TPSA) is 103 Å². The van der Waals surface area contributed by atoms with E-state index in [4.69, 9.17) is 14.6 Å². The summed E-state index contributed by atoms with van der Waals surface area (Å²) in [4.78, 5) is 28.5. The number of rotatable bonds is 10. The Kier molecular flexibility index (Phi) is 8.12. The molecule has 2 N–H and O–H groups in total. The molecule has 3 atom stereocenters. The molecule has 0 spiro atoms. The van der Waals surface area contributed by atoms with Crippen LogP contribution < -0.4 is 11.0 Å². The lowest BCUT2D eigenvalue weighted by Crippen LogP contribution is -2.30. The Morgan fingerprint density at radius 2 is 2.07 bits per heavy atom. The van der Waals surface area contributed by atoms with Gasteiger partial charge in [0.2, 0.25) is 5.91 Å². The molecule has 0 radical (unpaired) electrons. The fraction of sp³-hybridized carbons (Fsp3) is 0.500. The Labute approximate surface area is 175 Å². The van der Waals surface area contributed by atoms with Gasteiger partial charge in [-0.1, -0.05) is 50.1 Å². The number of aliphatic hydroxyl groups is 1. The molecule has 30 heavy (non-hydrogen) atoms. The molecular weight excluding hydrogens is 386 g/mol. The van der Waals surface area contributed by atoms with Gasteiger partial charge >= 0.3 is 5.69 Å². The molecule has 0 saturated carbocycles. The maximum absolute atomic E-state index is 12.4. The molecule has 3 rings (SSSR count). The van der Waals surface area contributed by atoms with Crippen LogP contribution in [0.5, 0.6) is 0 Å². The molecule has 1 amide bonds. The molecule has 1 aromatic heterocycles. The van der Waals surface area contributed by atoms with E-state index in [0.29, 0.717) is 0 Å². The van der Waals surface area contributed by atoms with Crippen LogP contribution >= 0.6 is 0 Å². The number of ether oxygens (including phenoxy) is 2. The number of unbranched alkanes of at least 4 members (excludes halogenated alkanes) is 2. The monoisotopic (exact) mass is 415 g/mol. The second-order valence-corrected chi connectivity index (χ2v) is 7.51. The molecule has 162 valence electrons. The SMILES string of the molecule is CC(CCCCCc1ccccc1)C(=O)Nc1ccn(C2COC(CO)O2)c(=O)n1. The van der Waals surface area contributed by atoms with E-state index in [0.717, 1.165) is 32.1 Å². The lowest BCUT2D eigenvalue weighted by molar-refractivity contribution is -0.119. The maximum Gasteiger partial charge on any atom is 0.351 e. The molecule has 0 bridgehead atoms. The van der Waals surface area contributed by atoms with Gasteiger partial charge in [0.25, 0.3) is 0 Å². The molecule has 2 aromatic rings. The summed E-state index contributed by atoms with van der Waals surface area (Å²) in [5, 5.41) is 11.7. The van der Waals surface area contributed by atoms with Gasteiger partial charge in [-0.15, -0.1) is 0 Å². The highest BCUT2D eigenvalue weighted by Gasteiger charge is 2.27. The van der Waals surface area contributed by atoms with Gasteiger partial charge in [0, 0.05) is 12.1 Å². The zero-order chi connectivity index (χ0) is 21.3. The molecular formula is C22H29N3O5. The van der Waals surface area contributed by atoms with E-state index in [1.807, 2.05) is 13.0 Å². The summed E-state index contributed by atoms with van der Waals surface area (Å²) in [7, 11) is 0. The summed E-state index contributed by atoms with van der Waals surface area (Å²) in [5.74, 6) is -0.0962. The van der Waals surface area contributed by atoms with Gasteiger partial charge in [-0.25, -0.2) is 4.79 Å². The number of carbonyl (C=O) groups is 1. The van der Waals surface area contributed by atoms with Crippen molar-refractivity contribution in [3.8, 4) is 0 Å². The third-order valence-electron chi connectivity index (χ3n) is 5.17. The molecule has 2 heterocycles. The molecule has 3 unspecified atom stereocenters. The minimum Gasteiger partial charge on any atom is -0.391 e. The van der Waals surface area contributed by atoms with E-state index in [-0.39, 0.29) is 30.9 Å². The Morgan fingerprint density at radius 3 is 2.77 bits per heavy atom. The summed E-state index contributed by atoms with van der Waals surface area (Å²) in [5.41, 5.74) is 0.791. The van der Waals surface area contributed by atoms with Gasteiger partial charge in [-0.3, -0.25) is 9.36 Å². The van der Waals surface area contributed by atoms with Gasteiger partial charge in [0.15, 0.2) is 12.5 Å². The highest BCUT2D eigenvalue weighted by atomic mass is 16.7. The molecule has 1 aromatic carbocycles. The number of anilines is 1. The Balaban J connectivity index is 1.41. The van der Waals surface area contributed by atoms with E-state index in [1.165, 1.54) is 16.3 Å². The van der Waals surface area contributed by atoms with Crippen LogP contribution in [0.15, 0.2) is 47.4 Å². The summed E-state index contributed by atoms with van der Waals surface area (Å²) in [6, 6.07) is 11.9. The third kappa shape index (κ3) is 6.22. The Hall–Kier alpha value is -2.55. The predicted molar refractivity (Wildman–Crippen MR) is 112 cm³/mol. The first-order valence-corrected chi connectivity index (χ1v) is 10.4. The number of aliphatic hydroxyl groups excluding tert-OH is 1. The highest BCUT2D eigenvalue weighted by Crippen LogP contribution is 2.19. The van der Waals surface area contributed by atoms with Crippen molar-refractivity contribution in [2.45, 2.75) is 51.5 Å². The molecule has 1 fully saturated rings. The second kappa shape index (κ2) is 11.0. The zero-order valence-electron chi connectivity index (χ0n) is 17.2. The molecule has 1 aliphatic heterocycles. The second-order valence-electron chi connectivity index (χ2n) is 7.51. The van der Waals surface area contributed by atoms with E-state index in [9.17, 15) is 9.59 Å². The van der Waals surface area contributed by atoms with Crippen molar-refractivity contribution in [3.63, 3.8) is 0 Å². The Morgan fingerprint density at radius 1 is 1.27 bits per heavy atom. The summed E-state index contributed by atoms with van der Waals surface area (Å²) >= 11 is 0. The fourth-order valence-corrected chi connectivity index (χ4v) is 3.37. The maximum atomic E-state index is 12.4. The standard InChI is InChI=1S/C22H29N3O5/c1-16(8-4-2-5-9-17-10-6-3-7-11-17)21(27)23-18-12-13-25(22(28)24-18)19-15-29-20(14-26)30-19/h3,6-7,10-13,16,19-20,26H,2,4-5,8-9,14-15H2,1H3,(H,23,24,27,28). The Bertz CT molecular complexity index is 871. The molecule has 1 aliphatic rings. The van der Waals surface area contributed by atoms with Crippen molar-refractivity contribution < 1.29 is 19.4 Å². The van der Waals surface area contributed by atoms with Crippen molar-refractivity contribution in [1.29, 1.82) is 0 Å². The minimum atomic E-state index is -0.741. The number of nitrogens with one attached hydrogen (secondary N) is 1. The van der Waals surface area contributed by atoms with Gasteiger partial charge in [-0.05, 0) is 30.9 Å². The number of hydrogen-bond acceptors (Lipinski definition) is 6. The number of hydrogen-bond donors (Lipinski definition) is 2. The molecule has 0 aliphatic carbocycles. The van der Waals surface area contributed by atoms with Crippen molar-refractivity contribution in [3.05, 3.63) is 58.6 Å². The van der Waals surface area contributed by atoms with Crippen LogP contribution in [-0.4, -0.2) is 40.1 Å². The van der Waals surface area contributed by atoms with Gasteiger partial charge in [-0.2, -0.15) is 4.98 Å². The highest BCUT2D eigenvalue weighted by molar-refractivity contribution is 5.91. The number of aryl methyl sites for hydroxylation is 1. The normalized spacial score (nSPS) is 19.5. The molecule has 8 nitrogen and oxygen atoms in total.